The van der Waals surface area contributed by atoms with Gasteiger partial charge in [-0.1, -0.05) is 11.8 Å². The van der Waals surface area contributed by atoms with Gasteiger partial charge in [0.1, 0.15) is 11.5 Å². The molecule has 1 aromatic heterocycles. The third-order valence-electron chi connectivity index (χ3n) is 3.48. The van der Waals surface area contributed by atoms with Crippen LogP contribution < -0.4 is 5.32 Å². The van der Waals surface area contributed by atoms with Gasteiger partial charge in [-0.25, -0.2) is 0 Å². The van der Waals surface area contributed by atoms with Crippen molar-refractivity contribution in [2.45, 2.75) is 31.0 Å². The van der Waals surface area contributed by atoms with E-state index in [9.17, 15) is 8.78 Å². The van der Waals surface area contributed by atoms with E-state index < -0.39 is 5.76 Å². The van der Waals surface area contributed by atoms with Crippen LogP contribution in [0.15, 0.2) is 16.5 Å². The van der Waals surface area contributed by atoms with Gasteiger partial charge < -0.3 is 14.5 Å². The maximum atomic E-state index is 12.1. The van der Waals surface area contributed by atoms with Gasteiger partial charge in [0.25, 0.3) is 5.76 Å². The summed E-state index contributed by atoms with van der Waals surface area (Å²) in [5, 5.41) is 3.35. The van der Waals surface area contributed by atoms with Crippen molar-refractivity contribution < 1.29 is 17.9 Å². The molecular formula is C14H22F2N2O2S. The molecule has 1 unspecified atom stereocenters. The number of rotatable bonds is 8. The third-order valence-corrected chi connectivity index (χ3v) is 4.18. The fourth-order valence-corrected chi connectivity index (χ4v) is 2.74. The summed E-state index contributed by atoms with van der Waals surface area (Å²) in [6.07, 6.45) is 0. The number of nitrogens with zero attached hydrogens (tertiary/aromatic N) is 1. The molecule has 2 heterocycles. The van der Waals surface area contributed by atoms with Gasteiger partial charge in [-0.3, -0.25) is 4.90 Å². The lowest BCUT2D eigenvalue weighted by Crippen LogP contribution is -2.46. The molecule has 1 fully saturated rings. The van der Waals surface area contributed by atoms with Gasteiger partial charge >= 0.3 is 0 Å². The van der Waals surface area contributed by atoms with Crippen molar-refractivity contribution in [1.82, 2.24) is 10.2 Å². The highest BCUT2D eigenvalue weighted by atomic mass is 32.2. The number of ether oxygens (including phenoxy) is 1. The minimum Gasteiger partial charge on any atom is -0.464 e. The zero-order valence-electron chi connectivity index (χ0n) is 12.2. The lowest BCUT2D eigenvalue weighted by atomic mass is 10.2. The zero-order chi connectivity index (χ0) is 15.1. The molecule has 0 amide bonds. The maximum Gasteiger partial charge on any atom is 0.284 e. The van der Waals surface area contributed by atoms with E-state index in [4.69, 9.17) is 9.15 Å². The largest absolute Gasteiger partial charge is 0.464 e. The Morgan fingerprint density at radius 3 is 2.71 bits per heavy atom. The van der Waals surface area contributed by atoms with Crippen LogP contribution in [0.25, 0.3) is 0 Å². The lowest BCUT2D eigenvalue weighted by molar-refractivity contribution is 0.0203. The van der Waals surface area contributed by atoms with Crippen molar-refractivity contribution in [3.8, 4) is 0 Å². The fraction of sp³-hybridized carbons (Fsp3) is 0.714. The molecule has 1 aliphatic heterocycles. The first kappa shape index (κ1) is 16.7. The second kappa shape index (κ2) is 8.73. The van der Waals surface area contributed by atoms with Crippen LogP contribution in [-0.2, 0) is 17.0 Å². The number of hydrogen-bond acceptors (Lipinski definition) is 5. The molecule has 1 N–H and O–H groups in total. The van der Waals surface area contributed by atoms with Gasteiger partial charge in [0, 0.05) is 25.7 Å². The molecule has 0 aliphatic carbocycles. The average molecular weight is 320 g/mol. The third kappa shape index (κ3) is 5.94. The quantitative estimate of drug-likeness (QED) is 0.797. The first-order valence-electron chi connectivity index (χ1n) is 7.15. The highest BCUT2D eigenvalue weighted by molar-refractivity contribution is 7.98. The van der Waals surface area contributed by atoms with Crippen LogP contribution in [0.4, 0.5) is 8.78 Å². The molecule has 1 saturated heterocycles. The summed E-state index contributed by atoms with van der Waals surface area (Å²) in [7, 11) is 0. The standard InChI is InChI=1S/C14H22F2N2O2S/c1-11(18-4-6-19-7-5-18)8-17-9-12-2-3-13(20-12)10-21-14(15)16/h2-3,11,14,17H,4-10H2,1H3. The van der Waals surface area contributed by atoms with Crippen LogP contribution in [0, 0.1) is 0 Å². The molecule has 2 rings (SSSR count). The molecule has 21 heavy (non-hydrogen) atoms. The Bertz CT molecular complexity index is 411. The van der Waals surface area contributed by atoms with Crippen LogP contribution in [-0.4, -0.2) is 49.5 Å². The first-order valence-corrected chi connectivity index (χ1v) is 8.20. The highest BCUT2D eigenvalue weighted by Gasteiger charge is 2.16. The van der Waals surface area contributed by atoms with Crippen molar-refractivity contribution >= 4 is 11.8 Å². The first-order chi connectivity index (χ1) is 10.1. The molecular weight excluding hydrogens is 298 g/mol. The van der Waals surface area contributed by atoms with Gasteiger partial charge in [-0.2, -0.15) is 8.78 Å². The second-order valence-corrected chi connectivity index (χ2v) is 6.05. The Labute approximate surface area is 128 Å². The predicted octanol–water partition coefficient (Wildman–Crippen LogP) is 2.55. The van der Waals surface area contributed by atoms with Crippen molar-refractivity contribution in [2.24, 2.45) is 0 Å². The summed E-state index contributed by atoms with van der Waals surface area (Å²) in [6.45, 7) is 7.21. The molecule has 0 spiro atoms. The zero-order valence-corrected chi connectivity index (χ0v) is 13.0. The normalized spacial score (nSPS) is 18.3. The lowest BCUT2D eigenvalue weighted by Gasteiger charge is -2.32. The molecule has 1 atom stereocenters. The number of furan rings is 1. The van der Waals surface area contributed by atoms with Crippen molar-refractivity contribution in [2.75, 3.05) is 32.8 Å². The average Bonchev–Trinajstić information content (AvgIpc) is 2.94. The molecule has 4 nitrogen and oxygen atoms in total. The number of hydrogen-bond donors (Lipinski definition) is 1. The monoisotopic (exact) mass is 320 g/mol. The van der Waals surface area contributed by atoms with Crippen LogP contribution >= 0.6 is 11.8 Å². The molecule has 120 valence electrons. The Morgan fingerprint density at radius 2 is 2.00 bits per heavy atom. The topological polar surface area (TPSA) is 37.6 Å². The van der Waals surface area contributed by atoms with E-state index in [1.165, 1.54) is 0 Å². The maximum absolute atomic E-state index is 12.1. The van der Waals surface area contributed by atoms with Gasteiger partial charge in [0.2, 0.25) is 0 Å². The van der Waals surface area contributed by atoms with Crippen LogP contribution in [0.5, 0.6) is 0 Å². The number of nitrogens with one attached hydrogen (secondary N) is 1. The molecule has 0 bridgehead atoms. The Hall–Kier alpha value is -0.630. The molecule has 1 aliphatic rings. The minimum absolute atomic E-state index is 0.210. The van der Waals surface area contributed by atoms with E-state index in [1.54, 1.807) is 6.07 Å². The van der Waals surface area contributed by atoms with E-state index in [2.05, 4.69) is 17.1 Å². The molecule has 0 radical (unpaired) electrons. The van der Waals surface area contributed by atoms with Crippen molar-refractivity contribution in [1.29, 1.82) is 0 Å². The van der Waals surface area contributed by atoms with Gasteiger partial charge in [0.05, 0.1) is 25.5 Å². The number of alkyl halides is 2. The molecule has 7 heteroatoms. The summed E-state index contributed by atoms with van der Waals surface area (Å²) in [4.78, 5) is 2.39. The van der Waals surface area contributed by atoms with E-state index in [0.717, 1.165) is 38.6 Å². The van der Waals surface area contributed by atoms with E-state index in [-0.39, 0.29) is 5.75 Å². The fourth-order valence-electron chi connectivity index (χ4n) is 2.29. The molecule has 0 saturated carbocycles. The summed E-state index contributed by atoms with van der Waals surface area (Å²) < 4.78 is 35.0. The summed E-state index contributed by atoms with van der Waals surface area (Å²) in [5.74, 6) is -0.764. The van der Waals surface area contributed by atoms with Crippen LogP contribution in [0.1, 0.15) is 18.4 Å². The van der Waals surface area contributed by atoms with Gasteiger partial charge in [0.15, 0.2) is 0 Å². The number of morpholine rings is 1. The Morgan fingerprint density at radius 1 is 1.29 bits per heavy atom. The minimum atomic E-state index is -2.36. The Balaban J connectivity index is 1.66. The van der Waals surface area contributed by atoms with Crippen molar-refractivity contribution in [3.05, 3.63) is 23.7 Å². The van der Waals surface area contributed by atoms with Crippen LogP contribution in [0.3, 0.4) is 0 Å². The number of thioether (sulfide) groups is 1. The van der Waals surface area contributed by atoms with E-state index in [0.29, 0.717) is 30.1 Å². The molecule has 0 aromatic carbocycles. The highest BCUT2D eigenvalue weighted by Crippen LogP contribution is 2.21. The number of halogens is 2. The van der Waals surface area contributed by atoms with Crippen LogP contribution in [0.2, 0.25) is 0 Å². The predicted molar refractivity (Wildman–Crippen MR) is 79.6 cm³/mol. The summed E-state index contributed by atoms with van der Waals surface area (Å²) >= 11 is 0.579. The SMILES string of the molecule is CC(CNCc1ccc(CSC(F)F)o1)N1CCOCC1. The second-order valence-electron chi connectivity index (χ2n) is 5.07. The molecule has 1 aromatic rings. The summed E-state index contributed by atoms with van der Waals surface area (Å²) in [6, 6.07) is 4.05. The summed E-state index contributed by atoms with van der Waals surface area (Å²) in [5.41, 5.74) is 0. The van der Waals surface area contributed by atoms with Crippen molar-refractivity contribution in [3.63, 3.8) is 0 Å². The van der Waals surface area contributed by atoms with Gasteiger partial charge in [-0.15, -0.1) is 0 Å². The van der Waals surface area contributed by atoms with E-state index >= 15 is 0 Å². The van der Waals surface area contributed by atoms with Gasteiger partial charge in [-0.05, 0) is 19.1 Å². The van der Waals surface area contributed by atoms with E-state index in [1.807, 2.05) is 6.07 Å². The smallest absolute Gasteiger partial charge is 0.284 e. The Kier molecular flexibility index (Phi) is 6.95.